The van der Waals surface area contributed by atoms with Crippen molar-refractivity contribution in [3.8, 4) is 0 Å². The molecule has 0 aromatic heterocycles. The molecule has 7 heteroatoms. The molecular formula is C13H15ClN2O4. The van der Waals surface area contributed by atoms with E-state index < -0.39 is 24.1 Å². The zero-order valence-electron chi connectivity index (χ0n) is 10.9. The fraction of sp³-hybridized carbons (Fsp3) is 0.385. The van der Waals surface area contributed by atoms with Crippen LogP contribution < -0.4 is 5.32 Å². The number of aliphatic hydroxyl groups excluding tert-OH is 1. The van der Waals surface area contributed by atoms with Crippen molar-refractivity contribution >= 4 is 29.3 Å². The summed E-state index contributed by atoms with van der Waals surface area (Å²) in [7, 11) is 1.25. The Kier molecular flexibility index (Phi) is 4.46. The Morgan fingerprint density at radius 3 is 2.65 bits per heavy atom. The zero-order valence-corrected chi connectivity index (χ0v) is 11.6. The van der Waals surface area contributed by atoms with Gasteiger partial charge in [0.1, 0.15) is 6.04 Å². The first-order chi connectivity index (χ1) is 9.51. The predicted molar refractivity (Wildman–Crippen MR) is 73.6 cm³/mol. The van der Waals surface area contributed by atoms with E-state index in [4.69, 9.17) is 11.6 Å². The highest BCUT2D eigenvalue weighted by atomic mass is 35.5. The number of hydrogen-bond acceptors (Lipinski definition) is 4. The summed E-state index contributed by atoms with van der Waals surface area (Å²) < 4.78 is 4.64. The lowest BCUT2D eigenvalue weighted by atomic mass is 10.2. The maximum absolute atomic E-state index is 12.1. The number of hydrogen-bond donors (Lipinski definition) is 2. The molecular weight excluding hydrogens is 284 g/mol. The maximum atomic E-state index is 12.1. The number of urea groups is 1. The SMILES string of the molecule is COC(=O)C1CC(O)CN1C(=O)Nc1ccc(Cl)cc1. The van der Waals surface area contributed by atoms with Gasteiger partial charge in [0.05, 0.1) is 13.2 Å². The smallest absolute Gasteiger partial charge is 0.328 e. The molecule has 20 heavy (non-hydrogen) atoms. The molecule has 2 unspecified atom stereocenters. The van der Waals surface area contributed by atoms with Crippen molar-refractivity contribution in [2.75, 3.05) is 19.0 Å². The normalized spacial score (nSPS) is 21.6. The van der Waals surface area contributed by atoms with Crippen LogP contribution in [-0.4, -0.2) is 47.8 Å². The second-order valence-electron chi connectivity index (χ2n) is 4.52. The van der Waals surface area contributed by atoms with Gasteiger partial charge in [0.15, 0.2) is 0 Å². The summed E-state index contributed by atoms with van der Waals surface area (Å²) in [5, 5.41) is 12.8. The number of likely N-dealkylation sites (tertiary alicyclic amines) is 1. The maximum Gasteiger partial charge on any atom is 0.328 e. The van der Waals surface area contributed by atoms with Crippen molar-refractivity contribution in [1.29, 1.82) is 0 Å². The van der Waals surface area contributed by atoms with Gasteiger partial charge in [-0.3, -0.25) is 0 Å². The van der Waals surface area contributed by atoms with Crippen LogP contribution in [0.25, 0.3) is 0 Å². The van der Waals surface area contributed by atoms with Crippen LogP contribution in [-0.2, 0) is 9.53 Å². The quantitative estimate of drug-likeness (QED) is 0.811. The van der Waals surface area contributed by atoms with Crippen molar-refractivity contribution in [1.82, 2.24) is 4.90 Å². The number of nitrogens with zero attached hydrogens (tertiary/aromatic N) is 1. The van der Waals surface area contributed by atoms with E-state index in [0.717, 1.165) is 0 Å². The first-order valence-electron chi connectivity index (χ1n) is 6.10. The van der Waals surface area contributed by atoms with E-state index in [-0.39, 0.29) is 13.0 Å². The van der Waals surface area contributed by atoms with Gasteiger partial charge in [0.2, 0.25) is 0 Å². The summed E-state index contributed by atoms with van der Waals surface area (Å²) in [5.74, 6) is -0.534. The largest absolute Gasteiger partial charge is 0.467 e. The molecule has 0 spiro atoms. The van der Waals surface area contributed by atoms with Crippen molar-refractivity contribution in [3.63, 3.8) is 0 Å². The molecule has 1 aliphatic heterocycles. The minimum Gasteiger partial charge on any atom is -0.467 e. The number of aliphatic hydroxyl groups is 1. The number of halogens is 1. The van der Waals surface area contributed by atoms with Crippen molar-refractivity contribution in [2.24, 2.45) is 0 Å². The molecule has 1 fully saturated rings. The molecule has 1 aromatic rings. The summed E-state index contributed by atoms with van der Waals surface area (Å²) in [5.41, 5.74) is 0.560. The van der Waals surface area contributed by atoms with Crippen LogP contribution in [0.1, 0.15) is 6.42 Å². The molecule has 6 nitrogen and oxygen atoms in total. The fourth-order valence-electron chi connectivity index (χ4n) is 2.13. The molecule has 2 atom stereocenters. The van der Waals surface area contributed by atoms with E-state index in [1.807, 2.05) is 0 Å². The summed E-state index contributed by atoms with van der Waals surface area (Å²) in [6.45, 7) is 0.0964. The number of β-amino-alcohol motifs (C(OH)–C–C–N with tert-alkyl or cyclic N) is 1. The lowest BCUT2D eigenvalue weighted by molar-refractivity contribution is -0.144. The van der Waals surface area contributed by atoms with Crippen LogP contribution in [0.15, 0.2) is 24.3 Å². The van der Waals surface area contributed by atoms with E-state index in [1.54, 1.807) is 24.3 Å². The fourth-order valence-corrected chi connectivity index (χ4v) is 2.25. The molecule has 2 rings (SSSR count). The number of methoxy groups -OCH3 is 1. The average molecular weight is 299 g/mol. The minimum absolute atomic E-state index is 0.0964. The molecule has 0 saturated carbocycles. The van der Waals surface area contributed by atoms with Gasteiger partial charge in [0.25, 0.3) is 0 Å². The summed E-state index contributed by atoms with van der Waals surface area (Å²) in [6, 6.07) is 5.38. The van der Waals surface area contributed by atoms with Crippen molar-refractivity contribution in [2.45, 2.75) is 18.6 Å². The van der Waals surface area contributed by atoms with Crippen molar-refractivity contribution in [3.05, 3.63) is 29.3 Å². The van der Waals surface area contributed by atoms with Gasteiger partial charge < -0.3 is 20.1 Å². The summed E-state index contributed by atoms with van der Waals surface area (Å²) in [6.07, 6.45) is -0.546. The van der Waals surface area contributed by atoms with Crippen LogP contribution in [0, 0.1) is 0 Å². The molecule has 2 N–H and O–H groups in total. The molecule has 0 aliphatic carbocycles. The standard InChI is InChI=1S/C13H15ClN2O4/c1-20-12(18)11-6-10(17)7-16(11)13(19)15-9-4-2-8(14)3-5-9/h2-5,10-11,17H,6-7H2,1H3,(H,15,19). The summed E-state index contributed by atoms with van der Waals surface area (Å²) >= 11 is 5.76. The average Bonchev–Trinajstić information content (AvgIpc) is 2.82. The number of esters is 1. The number of benzene rings is 1. The van der Waals surface area contributed by atoms with Crippen LogP contribution in [0.2, 0.25) is 5.02 Å². The molecule has 1 aromatic carbocycles. The Hall–Kier alpha value is -1.79. The Balaban J connectivity index is 2.07. The highest BCUT2D eigenvalue weighted by Crippen LogP contribution is 2.21. The van der Waals surface area contributed by atoms with E-state index in [9.17, 15) is 14.7 Å². The monoisotopic (exact) mass is 298 g/mol. The second-order valence-corrected chi connectivity index (χ2v) is 4.95. The van der Waals surface area contributed by atoms with Gasteiger partial charge in [-0.15, -0.1) is 0 Å². The lowest BCUT2D eigenvalue weighted by Crippen LogP contribution is -2.43. The van der Waals surface area contributed by atoms with E-state index in [2.05, 4.69) is 10.1 Å². The van der Waals surface area contributed by atoms with E-state index >= 15 is 0 Å². The molecule has 1 heterocycles. The third kappa shape index (κ3) is 3.20. The van der Waals surface area contributed by atoms with Crippen LogP contribution in [0.3, 0.4) is 0 Å². The first kappa shape index (κ1) is 14.6. The van der Waals surface area contributed by atoms with E-state index in [1.165, 1.54) is 12.0 Å². The third-order valence-corrected chi connectivity index (χ3v) is 3.36. The molecule has 1 saturated heterocycles. The number of rotatable bonds is 2. The highest BCUT2D eigenvalue weighted by molar-refractivity contribution is 6.30. The number of carbonyl (C=O) groups excluding carboxylic acids is 2. The molecule has 0 radical (unpaired) electrons. The Bertz CT molecular complexity index is 506. The Labute approximate surface area is 121 Å². The number of nitrogens with one attached hydrogen (secondary N) is 1. The number of ether oxygens (including phenoxy) is 1. The van der Waals surface area contributed by atoms with Gasteiger partial charge in [-0.2, -0.15) is 0 Å². The third-order valence-electron chi connectivity index (χ3n) is 3.11. The predicted octanol–water partition coefficient (Wildman–Crippen LogP) is 1.48. The van der Waals surface area contributed by atoms with E-state index in [0.29, 0.717) is 10.7 Å². The first-order valence-corrected chi connectivity index (χ1v) is 6.48. The Morgan fingerprint density at radius 1 is 1.40 bits per heavy atom. The van der Waals surface area contributed by atoms with Crippen LogP contribution in [0.4, 0.5) is 10.5 Å². The molecule has 1 aliphatic rings. The number of amides is 2. The minimum atomic E-state index is -0.762. The number of carbonyl (C=O) groups is 2. The van der Waals surface area contributed by atoms with Crippen LogP contribution in [0.5, 0.6) is 0 Å². The van der Waals surface area contributed by atoms with Crippen molar-refractivity contribution < 1.29 is 19.4 Å². The van der Waals surface area contributed by atoms with Gasteiger partial charge in [-0.25, -0.2) is 9.59 Å². The van der Waals surface area contributed by atoms with Gasteiger partial charge in [-0.05, 0) is 24.3 Å². The molecule has 2 amide bonds. The highest BCUT2D eigenvalue weighted by Gasteiger charge is 2.39. The Morgan fingerprint density at radius 2 is 2.05 bits per heavy atom. The summed E-state index contributed by atoms with van der Waals surface area (Å²) in [4.78, 5) is 25.0. The molecule has 0 bridgehead atoms. The lowest BCUT2D eigenvalue weighted by Gasteiger charge is -2.22. The molecule has 108 valence electrons. The topological polar surface area (TPSA) is 78.9 Å². The van der Waals surface area contributed by atoms with Gasteiger partial charge in [0, 0.05) is 23.7 Å². The number of anilines is 1. The zero-order chi connectivity index (χ0) is 14.7. The van der Waals surface area contributed by atoms with Crippen LogP contribution >= 0.6 is 11.6 Å². The van der Waals surface area contributed by atoms with Gasteiger partial charge in [-0.1, -0.05) is 11.6 Å². The second kappa shape index (κ2) is 6.11. The van der Waals surface area contributed by atoms with Gasteiger partial charge >= 0.3 is 12.0 Å².